The van der Waals surface area contributed by atoms with E-state index in [1.807, 2.05) is 6.07 Å². The van der Waals surface area contributed by atoms with E-state index >= 15 is 0 Å². The molecule has 1 aromatic rings. The molecule has 0 aromatic heterocycles. The fraction of sp³-hybridized carbons (Fsp3) is 0.364. The van der Waals surface area contributed by atoms with Crippen molar-refractivity contribution < 1.29 is 14.6 Å². The molecule has 86 valence electrons. The van der Waals surface area contributed by atoms with Crippen molar-refractivity contribution in [1.29, 1.82) is 0 Å². The normalized spacial score (nSPS) is 23.7. The molecule has 1 aliphatic heterocycles. The van der Waals surface area contributed by atoms with E-state index in [2.05, 4.69) is 4.74 Å². The predicted molar refractivity (Wildman–Crippen MR) is 62.7 cm³/mol. The van der Waals surface area contributed by atoms with Crippen LogP contribution in [0.3, 0.4) is 0 Å². The molecule has 0 amide bonds. The van der Waals surface area contributed by atoms with Gasteiger partial charge in [-0.15, -0.1) is 11.8 Å². The van der Waals surface area contributed by atoms with E-state index in [-0.39, 0.29) is 0 Å². The van der Waals surface area contributed by atoms with Gasteiger partial charge in [0.05, 0.1) is 7.11 Å². The summed E-state index contributed by atoms with van der Waals surface area (Å²) in [6.45, 7) is 0. The molecule has 2 rings (SSSR count). The van der Waals surface area contributed by atoms with Gasteiger partial charge < -0.3 is 9.84 Å². The van der Waals surface area contributed by atoms with E-state index in [9.17, 15) is 9.90 Å². The highest BCUT2D eigenvalue weighted by molar-refractivity contribution is 7.99. The summed E-state index contributed by atoms with van der Waals surface area (Å²) >= 11 is 7.48. The van der Waals surface area contributed by atoms with Crippen molar-refractivity contribution in [2.24, 2.45) is 0 Å². The fourth-order valence-electron chi connectivity index (χ4n) is 1.78. The first-order valence-electron chi connectivity index (χ1n) is 4.81. The number of hydrogen-bond donors (Lipinski definition) is 1. The number of esters is 1. The van der Waals surface area contributed by atoms with Crippen molar-refractivity contribution in [3.63, 3.8) is 0 Å². The predicted octanol–water partition coefficient (Wildman–Crippen LogP) is 2.20. The summed E-state index contributed by atoms with van der Waals surface area (Å²) in [5.74, 6) is 0.0524. The molecule has 1 N–H and O–H groups in total. The molecule has 1 heterocycles. The highest BCUT2D eigenvalue weighted by Crippen LogP contribution is 2.41. The molecule has 1 aliphatic rings. The number of aliphatic hydroxyl groups is 1. The van der Waals surface area contributed by atoms with Gasteiger partial charge in [0, 0.05) is 27.7 Å². The van der Waals surface area contributed by atoms with Crippen molar-refractivity contribution in [3.05, 3.63) is 28.8 Å². The summed E-state index contributed by atoms with van der Waals surface area (Å²) < 4.78 is 4.65. The Balaban J connectivity index is 2.54. The summed E-state index contributed by atoms with van der Waals surface area (Å²) in [4.78, 5) is 12.5. The number of carbonyl (C=O) groups is 1. The first-order chi connectivity index (χ1) is 7.58. The average molecular weight is 259 g/mol. The van der Waals surface area contributed by atoms with Crippen molar-refractivity contribution in [2.45, 2.75) is 16.9 Å². The maximum absolute atomic E-state index is 11.6. The first-order valence-corrected chi connectivity index (χ1v) is 6.18. The Morgan fingerprint density at radius 2 is 2.38 bits per heavy atom. The van der Waals surface area contributed by atoms with Crippen LogP contribution in [0.1, 0.15) is 12.0 Å². The Bertz CT molecular complexity index is 435. The minimum Gasteiger partial charge on any atom is -0.467 e. The van der Waals surface area contributed by atoms with Crippen molar-refractivity contribution in [2.75, 3.05) is 12.9 Å². The zero-order valence-electron chi connectivity index (χ0n) is 8.70. The topological polar surface area (TPSA) is 46.5 Å². The number of carbonyl (C=O) groups excluding carboxylic acids is 1. The first kappa shape index (κ1) is 11.8. The summed E-state index contributed by atoms with van der Waals surface area (Å²) in [6.07, 6.45) is 0.345. The molecular formula is C11H11ClO3S. The zero-order chi connectivity index (χ0) is 11.8. The third-order valence-electron chi connectivity index (χ3n) is 2.63. The monoisotopic (exact) mass is 258 g/mol. The number of fused-ring (bicyclic) bond motifs is 1. The lowest BCUT2D eigenvalue weighted by molar-refractivity contribution is -0.164. The second-order valence-corrected chi connectivity index (χ2v) is 5.16. The molecular weight excluding hydrogens is 248 g/mol. The van der Waals surface area contributed by atoms with Crippen LogP contribution in [0.2, 0.25) is 5.02 Å². The Labute approximate surface area is 103 Å². The van der Waals surface area contributed by atoms with Gasteiger partial charge >= 0.3 is 5.97 Å². The Morgan fingerprint density at radius 1 is 1.62 bits per heavy atom. The van der Waals surface area contributed by atoms with Gasteiger partial charge in [-0.3, -0.25) is 0 Å². The minimum absolute atomic E-state index is 0.345. The highest BCUT2D eigenvalue weighted by atomic mass is 35.5. The Hall–Kier alpha value is -0.710. The molecule has 0 radical (unpaired) electrons. The number of thioether (sulfide) groups is 1. The SMILES string of the molecule is COC(=O)C1(O)CCSc2ccc(Cl)cc21. The van der Waals surface area contributed by atoms with Crippen LogP contribution in [0, 0.1) is 0 Å². The molecule has 1 atom stereocenters. The van der Waals surface area contributed by atoms with Crippen molar-refractivity contribution >= 4 is 29.3 Å². The maximum atomic E-state index is 11.6. The van der Waals surface area contributed by atoms with Crippen molar-refractivity contribution in [3.8, 4) is 0 Å². The summed E-state index contributed by atoms with van der Waals surface area (Å²) in [6, 6.07) is 5.19. The Kier molecular flexibility index (Phi) is 3.15. The summed E-state index contributed by atoms with van der Waals surface area (Å²) in [5, 5.41) is 10.9. The second kappa shape index (κ2) is 4.28. The van der Waals surface area contributed by atoms with Gasteiger partial charge in [-0.25, -0.2) is 4.79 Å². The number of ether oxygens (including phenoxy) is 1. The molecule has 0 fully saturated rings. The number of halogens is 1. The third-order valence-corrected chi connectivity index (χ3v) is 3.94. The van der Waals surface area contributed by atoms with Gasteiger partial charge in [0.1, 0.15) is 0 Å². The highest BCUT2D eigenvalue weighted by Gasteiger charge is 2.43. The largest absolute Gasteiger partial charge is 0.467 e. The third kappa shape index (κ3) is 1.81. The number of methoxy groups -OCH3 is 1. The van der Waals surface area contributed by atoms with Crippen LogP contribution in [0.15, 0.2) is 23.1 Å². The molecule has 0 aliphatic carbocycles. The van der Waals surface area contributed by atoms with E-state index in [1.165, 1.54) is 7.11 Å². The molecule has 0 spiro atoms. The van der Waals surface area contributed by atoms with Crippen molar-refractivity contribution in [1.82, 2.24) is 0 Å². The van der Waals surface area contributed by atoms with Gasteiger partial charge in [-0.1, -0.05) is 11.6 Å². The fourth-order valence-corrected chi connectivity index (χ4v) is 3.11. The standard InChI is InChI=1S/C11H11ClO3S/c1-15-10(13)11(14)4-5-16-9-3-2-7(12)6-8(9)11/h2-3,6,14H,4-5H2,1H3. The summed E-state index contributed by atoms with van der Waals surface area (Å²) in [5.41, 5.74) is -1.01. The van der Waals surface area contributed by atoms with Crippen LogP contribution in [0.25, 0.3) is 0 Å². The van der Waals surface area contributed by atoms with Gasteiger partial charge in [-0.2, -0.15) is 0 Å². The molecule has 5 heteroatoms. The number of rotatable bonds is 1. The molecule has 0 bridgehead atoms. The van der Waals surface area contributed by atoms with E-state index in [0.717, 1.165) is 4.90 Å². The van der Waals surface area contributed by atoms with Crippen LogP contribution in [0.5, 0.6) is 0 Å². The second-order valence-electron chi connectivity index (χ2n) is 3.59. The minimum atomic E-state index is -1.56. The number of benzene rings is 1. The molecule has 1 unspecified atom stereocenters. The van der Waals surface area contributed by atoms with Crippen LogP contribution < -0.4 is 0 Å². The van der Waals surface area contributed by atoms with Gasteiger partial charge in [0.15, 0.2) is 5.60 Å². The Morgan fingerprint density at radius 3 is 3.06 bits per heavy atom. The van der Waals surface area contributed by atoms with E-state index in [4.69, 9.17) is 11.6 Å². The molecule has 1 aromatic carbocycles. The average Bonchev–Trinajstić information content (AvgIpc) is 2.29. The lowest BCUT2D eigenvalue weighted by Gasteiger charge is -2.31. The van der Waals surface area contributed by atoms with Crippen LogP contribution in [-0.2, 0) is 15.1 Å². The van der Waals surface area contributed by atoms with E-state index < -0.39 is 11.6 Å². The van der Waals surface area contributed by atoms with Crippen LogP contribution in [-0.4, -0.2) is 23.9 Å². The van der Waals surface area contributed by atoms with Gasteiger partial charge in [0.2, 0.25) is 0 Å². The molecule has 16 heavy (non-hydrogen) atoms. The van der Waals surface area contributed by atoms with Crippen LogP contribution >= 0.6 is 23.4 Å². The quantitative estimate of drug-likeness (QED) is 0.785. The van der Waals surface area contributed by atoms with Gasteiger partial charge in [-0.05, 0) is 18.2 Å². The van der Waals surface area contributed by atoms with E-state index in [1.54, 1.807) is 23.9 Å². The zero-order valence-corrected chi connectivity index (χ0v) is 10.3. The van der Waals surface area contributed by atoms with Crippen LogP contribution in [0.4, 0.5) is 0 Å². The molecule has 3 nitrogen and oxygen atoms in total. The van der Waals surface area contributed by atoms with Gasteiger partial charge in [0.25, 0.3) is 0 Å². The molecule has 0 saturated carbocycles. The lowest BCUT2D eigenvalue weighted by Crippen LogP contribution is -2.39. The summed E-state index contributed by atoms with van der Waals surface area (Å²) in [7, 11) is 1.27. The maximum Gasteiger partial charge on any atom is 0.342 e. The number of hydrogen-bond acceptors (Lipinski definition) is 4. The smallest absolute Gasteiger partial charge is 0.342 e. The molecule has 0 saturated heterocycles. The lowest BCUT2D eigenvalue weighted by atomic mass is 9.90. The van der Waals surface area contributed by atoms with E-state index in [0.29, 0.717) is 22.8 Å².